The van der Waals surface area contributed by atoms with Crippen LogP contribution in [0.3, 0.4) is 0 Å². The van der Waals surface area contributed by atoms with E-state index in [1.165, 1.54) is 39.9 Å². The molecule has 1 atom stereocenters. The number of rotatable bonds is 7. The Kier molecular flexibility index (Phi) is 6.73. The van der Waals surface area contributed by atoms with Crippen molar-refractivity contribution in [1.29, 1.82) is 0 Å². The van der Waals surface area contributed by atoms with E-state index >= 15 is 0 Å². The van der Waals surface area contributed by atoms with E-state index in [1.54, 1.807) is 26.4 Å². The number of fused-ring (bicyclic) bond motifs is 1. The average Bonchev–Trinajstić information content (AvgIpc) is 3.26. The van der Waals surface area contributed by atoms with Gasteiger partial charge in [0.2, 0.25) is 15.2 Å². The molecule has 0 bridgehead atoms. The zero-order chi connectivity index (χ0) is 23.6. The largest absolute Gasteiger partial charge is 0.495 e. The smallest absolute Gasteiger partial charge is 0.269 e. The highest BCUT2D eigenvalue weighted by Gasteiger charge is 2.28. The normalized spacial score (nSPS) is 17.0. The second-order valence-corrected chi connectivity index (χ2v) is 10.8. The molecule has 2 heterocycles. The molecule has 0 spiro atoms. The molecule has 0 saturated carbocycles. The SMILES string of the molecule is COc1ccc(OC)c2sc(NNC(=O)c3ccc(S(=O)(=O)N4CCC[C@@H](C)C4)cc3)nc12. The lowest BCUT2D eigenvalue weighted by Crippen LogP contribution is -2.39. The molecular formula is C22H26N4O5S2. The van der Waals surface area contributed by atoms with Crippen molar-refractivity contribution < 1.29 is 22.7 Å². The van der Waals surface area contributed by atoms with Crippen LogP contribution < -0.4 is 20.3 Å². The third kappa shape index (κ3) is 4.75. The summed E-state index contributed by atoms with van der Waals surface area (Å²) in [5.74, 6) is 1.18. The first kappa shape index (κ1) is 23.3. The van der Waals surface area contributed by atoms with Gasteiger partial charge in [0.15, 0.2) is 0 Å². The van der Waals surface area contributed by atoms with Crippen molar-refractivity contribution in [3.63, 3.8) is 0 Å². The van der Waals surface area contributed by atoms with Crippen molar-refractivity contribution in [3.05, 3.63) is 42.0 Å². The number of nitrogens with one attached hydrogen (secondary N) is 2. The van der Waals surface area contributed by atoms with Gasteiger partial charge in [-0.2, -0.15) is 4.31 Å². The zero-order valence-corrected chi connectivity index (χ0v) is 20.3. The second kappa shape index (κ2) is 9.54. The molecule has 1 amide bonds. The monoisotopic (exact) mass is 490 g/mol. The number of benzene rings is 2. The Morgan fingerprint density at radius 1 is 1.12 bits per heavy atom. The topological polar surface area (TPSA) is 110 Å². The number of piperidine rings is 1. The van der Waals surface area contributed by atoms with Crippen LogP contribution in [-0.4, -0.2) is 50.9 Å². The third-order valence-electron chi connectivity index (χ3n) is 5.57. The van der Waals surface area contributed by atoms with E-state index in [2.05, 4.69) is 22.8 Å². The lowest BCUT2D eigenvalue weighted by atomic mass is 10.0. The van der Waals surface area contributed by atoms with Crippen LogP contribution in [0.2, 0.25) is 0 Å². The molecule has 11 heteroatoms. The fraction of sp³-hybridized carbons (Fsp3) is 0.364. The van der Waals surface area contributed by atoms with E-state index < -0.39 is 15.9 Å². The van der Waals surface area contributed by atoms with Crippen LogP contribution in [0, 0.1) is 5.92 Å². The number of carbonyl (C=O) groups is 1. The molecule has 4 rings (SSSR count). The minimum absolute atomic E-state index is 0.187. The van der Waals surface area contributed by atoms with Gasteiger partial charge in [-0.15, -0.1) is 0 Å². The van der Waals surface area contributed by atoms with Gasteiger partial charge in [0, 0.05) is 18.7 Å². The molecule has 1 aliphatic heterocycles. The maximum Gasteiger partial charge on any atom is 0.269 e. The summed E-state index contributed by atoms with van der Waals surface area (Å²) in [6.45, 7) is 3.10. The molecule has 0 unspecified atom stereocenters. The maximum atomic E-state index is 12.9. The summed E-state index contributed by atoms with van der Waals surface area (Å²) in [5.41, 5.74) is 6.35. The first-order valence-corrected chi connectivity index (χ1v) is 12.8. The highest BCUT2D eigenvalue weighted by molar-refractivity contribution is 7.89. The van der Waals surface area contributed by atoms with Crippen molar-refractivity contribution in [1.82, 2.24) is 14.7 Å². The molecule has 2 N–H and O–H groups in total. The first-order chi connectivity index (χ1) is 15.8. The summed E-state index contributed by atoms with van der Waals surface area (Å²) in [7, 11) is -0.431. The fourth-order valence-electron chi connectivity index (χ4n) is 3.81. The minimum Gasteiger partial charge on any atom is -0.495 e. The number of ether oxygens (including phenoxy) is 2. The highest BCUT2D eigenvalue weighted by atomic mass is 32.2. The van der Waals surface area contributed by atoms with Crippen LogP contribution in [-0.2, 0) is 10.0 Å². The molecule has 176 valence electrons. The Hall–Kier alpha value is -2.89. The number of hydrogen-bond acceptors (Lipinski definition) is 8. The van der Waals surface area contributed by atoms with Gasteiger partial charge in [0.1, 0.15) is 21.7 Å². The lowest BCUT2D eigenvalue weighted by Gasteiger charge is -2.30. The Labute approximate surface area is 196 Å². The summed E-state index contributed by atoms with van der Waals surface area (Å²) in [4.78, 5) is 17.2. The molecule has 2 aromatic carbocycles. The van der Waals surface area contributed by atoms with Crippen LogP contribution in [0.1, 0.15) is 30.1 Å². The molecule has 0 aliphatic carbocycles. The van der Waals surface area contributed by atoms with Crippen LogP contribution in [0.5, 0.6) is 11.5 Å². The number of methoxy groups -OCH3 is 2. The molecule has 33 heavy (non-hydrogen) atoms. The summed E-state index contributed by atoms with van der Waals surface area (Å²) < 4.78 is 38.8. The number of hydrazine groups is 1. The Balaban J connectivity index is 1.45. The Morgan fingerprint density at radius 2 is 1.82 bits per heavy atom. The van der Waals surface area contributed by atoms with Crippen molar-refractivity contribution in [2.75, 3.05) is 32.7 Å². The predicted molar refractivity (Wildman–Crippen MR) is 127 cm³/mol. The molecular weight excluding hydrogens is 464 g/mol. The Bertz CT molecular complexity index is 1220. The Morgan fingerprint density at radius 3 is 2.48 bits per heavy atom. The summed E-state index contributed by atoms with van der Waals surface area (Å²) >= 11 is 1.31. The van der Waals surface area contributed by atoms with Gasteiger partial charge in [-0.3, -0.25) is 15.6 Å². The van der Waals surface area contributed by atoms with E-state index in [0.29, 0.717) is 46.7 Å². The zero-order valence-electron chi connectivity index (χ0n) is 18.6. The van der Waals surface area contributed by atoms with Gasteiger partial charge in [0.05, 0.1) is 19.1 Å². The van der Waals surface area contributed by atoms with Gasteiger partial charge in [-0.05, 0) is 55.2 Å². The van der Waals surface area contributed by atoms with Crippen LogP contribution in [0.25, 0.3) is 10.2 Å². The number of nitrogens with zero attached hydrogens (tertiary/aromatic N) is 2. The standard InChI is InChI=1S/C22H26N4O5S2/c1-14-5-4-12-26(13-14)33(28,29)16-8-6-15(7-9-16)21(27)24-25-22-23-19-17(30-2)10-11-18(31-3)20(19)32-22/h6-11,14H,4-5,12-13H2,1-3H3,(H,23,25)(H,24,27)/t14-/m1/s1. The maximum absolute atomic E-state index is 12.9. The molecule has 1 aromatic heterocycles. The average molecular weight is 491 g/mol. The van der Waals surface area contributed by atoms with Gasteiger partial charge >= 0.3 is 0 Å². The predicted octanol–water partition coefficient (Wildman–Crippen LogP) is 3.49. The number of hydrogen-bond donors (Lipinski definition) is 2. The molecule has 3 aromatic rings. The number of sulfonamides is 1. The summed E-state index contributed by atoms with van der Waals surface area (Å²) in [5, 5.41) is 0.458. The van der Waals surface area contributed by atoms with Gasteiger partial charge in [-0.25, -0.2) is 13.4 Å². The number of aromatic nitrogens is 1. The number of amides is 1. The van der Waals surface area contributed by atoms with Crippen molar-refractivity contribution in [2.24, 2.45) is 5.92 Å². The molecule has 1 saturated heterocycles. The van der Waals surface area contributed by atoms with E-state index in [-0.39, 0.29) is 4.90 Å². The fourth-order valence-corrected chi connectivity index (χ4v) is 6.34. The van der Waals surface area contributed by atoms with Crippen molar-refractivity contribution >= 4 is 42.6 Å². The van der Waals surface area contributed by atoms with Crippen LogP contribution >= 0.6 is 11.3 Å². The molecule has 9 nitrogen and oxygen atoms in total. The van der Waals surface area contributed by atoms with Gasteiger partial charge in [0.25, 0.3) is 5.91 Å². The lowest BCUT2D eigenvalue weighted by molar-refractivity contribution is 0.0962. The van der Waals surface area contributed by atoms with E-state index in [9.17, 15) is 13.2 Å². The van der Waals surface area contributed by atoms with E-state index in [4.69, 9.17) is 9.47 Å². The van der Waals surface area contributed by atoms with Crippen molar-refractivity contribution in [3.8, 4) is 11.5 Å². The summed E-state index contributed by atoms with van der Waals surface area (Å²) in [6.07, 6.45) is 1.89. The quantitative estimate of drug-likeness (QED) is 0.488. The number of anilines is 1. The van der Waals surface area contributed by atoms with Gasteiger partial charge in [-0.1, -0.05) is 18.3 Å². The van der Waals surface area contributed by atoms with Crippen molar-refractivity contribution in [2.45, 2.75) is 24.7 Å². The highest BCUT2D eigenvalue weighted by Crippen LogP contribution is 2.38. The number of thiazole rings is 1. The molecule has 1 fully saturated rings. The molecule has 0 radical (unpaired) electrons. The van der Waals surface area contributed by atoms with Gasteiger partial charge < -0.3 is 9.47 Å². The summed E-state index contributed by atoms with van der Waals surface area (Å²) in [6, 6.07) is 9.50. The van der Waals surface area contributed by atoms with Crippen LogP contribution in [0.15, 0.2) is 41.3 Å². The number of carbonyl (C=O) groups excluding carboxylic acids is 1. The van der Waals surface area contributed by atoms with E-state index in [0.717, 1.165) is 17.5 Å². The first-order valence-electron chi connectivity index (χ1n) is 10.5. The molecule has 1 aliphatic rings. The van der Waals surface area contributed by atoms with E-state index in [1.807, 2.05) is 0 Å². The second-order valence-electron chi connectivity index (χ2n) is 7.88. The third-order valence-corrected chi connectivity index (χ3v) is 8.43. The van der Waals surface area contributed by atoms with Crippen LogP contribution in [0.4, 0.5) is 5.13 Å². The minimum atomic E-state index is -3.57.